The molecule has 1 unspecified atom stereocenters. The summed E-state index contributed by atoms with van der Waals surface area (Å²) < 4.78 is 4.01. The lowest BCUT2D eigenvalue weighted by Gasteiger charge is -2.14. The van der Waals surface area contributed by atoms with E-state index in [0.29, 0.717) is 6.61 Å². The molecule has 10 heavy (non-hydrogen) atoms. The van der Waals surface area contributed by atoms with Crippen LogP contribution in [0.1, 0.15) is 13.8 Å². The predicted octanol–water partition coefficient (Wildman–Crippen LogP) is 1.89. The largest absolute Gasteiger partial charge is 0.465 e. The normalized spacial score (nSPS) is 15.5. The molecule has 1 atom stereocenters. The first kappa shape index (κ1) is 9.69. The van der Waals surface area contributed by atoms with E-state index in [4.69, 9.17) is 4.74 Å². The fourth-order valence-corrected chi connectivity index (χ4v) is 0.470. The van der Waals surface area contributed by atoms with E-state index < -0.39 is 4.32 Å². The van der Waals surface area contributed by atoms with Gasteiger partial charge in [-0.2, -0.15) is 0 Å². The van der Waals surface area contributed by atoms with Gasteiger partial charge in [0.15, 0.2) is 0 Å². The number of alkyl halides is 1. The molecule has 0 aliphatic rings. The molecule has 0 fully saturated rings. The second-order valence-corrected chi connectivity index (χ2v) is 3.65. The van der Waals surface area contributed by atoms with Crippen LogP contribution in [-0.4, -0.2) is 16.9 Å². The highest BCUT2D eigenvalue weighted by molar-refractivity contribution is 9.10. The third kappa shape index (κ3) is 2.52. The van der Waals surface area contributed by atoms with E-state index in [9.17, 15) is 4.79 Å². The number of hydrogen-bond acceptors (Lipinski definition) is 2. The molecule has 0 aromatic carbocycles. The molecule has 0 amide bonds. The van der Waals surface area contributed by atoms with Gasteiger partial charge in [0.25, 0.3) is 0 Å². The zero-order valence-electron chi connectivity index (χ0n) is 6.19. The summed E-state index contributed by atoms with van der Waals surface area (Å²) >= 11 is 3.15. The Morgan fingerprint density at radius 2 is 2.40 bits per heavy atom. The van der Waals surface area contributed by atoms with Gasteiger partial charge in [-0.15, -0.1) is 6.58 Å². The van der Waals surface area contributed by atoms with E-state index in [1.807, 2.05) is 0 Å². The lowest BCUT2D eigenvalue weighted by atomic mass is 10.2. The van der Waals surface area contributed by atoms with Crippen molar-refractivity contribution in [2.75, 3.05) is 6.61 Å². The fraction of sp³-hybridized carbons (Fsp3) is 0.571. The third-order valence-electron chi connectivity index (χ3n) is 1.06. The smallest absolute Gasteiger partial charge is 0.326 e. The number of halogens is 1. The molecule has 0 spiro atoms. The molecule has 0 aliphatic carbocycles. The molecule has 2 nitrogen and oxygen atoms in total. The Kier molecular flexibility index (Phi) is 3.64. The highest BCUT2D eigenvalue weighted by Crippen LogP contribution is 2.19. The van der Waals surface area contributed by atoms with Crippen LogP contribution in [-0.2, 0) is 9.53 Å². The Labute approximate surface area is 69.4 Å². The molecule has 3 heteroatoms. The van der Waals surface area contributed by atoms with Crippen molar-refractivity contribution in [3.05, 3.63) is 12.7 Å². The van der Waals surface area contributed by atoms with Crippen LogP contribution in [0.2, 0.25) is 0 Å². The second-order valence-electron chi connectivity index (χ2n) is 2.00. The first-order valence-electron chi connectivity index (χ1n) is 3.04. The summed E-state index contributed by atoms with van der Waals surface area (Å²) in [6.07, 6.45) is 1.50. The highest BCUT2D eigenvalue weighted by Gasteiger charge is 2.27. The molecule has 0 aliphatic heterocycles. The van der Waals surface area contributed by atoms with Crippen molar-refractivity contribution in [3.63, 3.8) is 0 Å². The summed E-state index contributed by atoms with van der Waals surface area (Å²) in [6, 6.07) is 0. The van der Waals surface area contributed by atoms with E-state index in [1.54, 1.807) is 13.8 Å². The second kappa shape index (κ2) is 3.76. The minimum Gasteiger partial charge on any atom is -0.465 e. The molecule has 0 aromatic heterocycles. The Morgan fingerprint density at radius 1 is 1.90 bits per heavy atom. The van der Waals surface area contributed by atoms with Crippen molar-refractivity contribution in [1.82, 2.24) is 0 Å². The average molecular weight is 207 g/mol. The standard InChI is InChI=1S/C7H11BrO2/c1-4-7(3,8)6(9)10-5-2/h4H,1,5H2,2-3H3. The molecular formula is C7H11BrO2. The highest BCUT2D eigenvalue weighted by atomic mass is 79.9. The maximum Gasteiger partial charge on any atom is 0.326 e. The van der Waals surface area contributed by atoms with Gasteiger partial charge >= 0.3 is 5.97 Å². The van der Waals surface area contributed by atoms with E-state index >= 15 is 0 Å². The van der Waals surface area contributed by atoms with Gasteiger partial charge in [0.1, 0.15) is 4.32 Å². The third-order valence-corrected chi connectivity index (χ3v) is 1.71. The molecule has 0 saturated heterocycles. The number of carbonyl (C=O) groups excluding carboxylic acids is 1. The lowest BCUT2D eigenvalue weighted by molar-refractivity contribution is -0.143. The molecular weight excluding hydrogens is 196 g/mol. The number of ether oxygens (including phenoxy) is 1. The quantitative estimate of drug-likeness (QED) is 0.401. The van der Waals surface area contributed by atoms with Gasteiger partial charge in [-0.1, -0.05) is 22.0 Å². The first-order chi connectivity index (χ1) is 4.54. The average Bonchev–Trinajstić information content (AvgIpc) is 1.89. The van der Waals surface area contributed by atoms with Crippen molar-refractivity contribution in [2.45, 2.75) is 18.2 Å². The first-order valence-corrected chi connectivity index (χ1v) is 3.83. The van der Waals surface area contributed by atoms with Crippen molar-refractivity contribution in [3.8, 4) is 0 Å². The molecule has 0 bridgehead atoms. The van der Waals surface area contributed by atoms with Crippen LogP contribution in [0.4, 0.5) is 0 Å². The van der Waals surface area contributed by atoms with Crippen molar-refractivity contribution < 1.29 is 9.53 Å². The Morgan fingerprint density at radius 3 is 2.70 bits per heavy atom. The summed E-state index contributed by atoms with van der Waals surface area (Å²) in [7, 11) is 0. The van der Waals surface area contributed by atoms with E-state index in [0.717, 1.165) is 0 Å². The summed E-state index contributed by atoms with van der Waals surface area (Å²) in [5, 5.41) is 0. The SMILES string of the molecule is C=CC(C)(Br)C(=O)OCC. The molecule has 0 rings (SSSR count). The van der Waals surface area contributed by atoms with E-state index in [2.05, 4.69) is 22.5 Å². The molecule has 0 radical (unpaired) electrons. The molecule has 0 N–H and O–H groups in total. The fourth-order valence-electron chi connectivity index (χ4n) is 0.356. The van der Waals surface area contributed by atoms with Gasteiger partial charge in [-0.3, -0.25) is 4.79 Å². The lowest BCUT2D eigenvalue weighted by Crippen LogP contribution is -2.27. The Hall–Kier alpha value is -0.310. The monoisotopic (exact) mass is 206 g/mol. The zero-order valence-corrected chi connectivity index (χ0v) is 7.77. The minimum atomic E-state index is -0.733. The van der Waals surface area contributed by atoms with Crippen LogP contribution in [0.5, 0.6) is 0 Å². The van der Waals surface area contributed by atoms with Crippen LogP contribution in [0, 0.1) is 0 Å². The summed E-state index contributed by atoms with van der Waals surface area (Å²) in [4.78, 5) is 11.0. The van der Waals surface area contributed by atoms with Crippen molar-refractivity contribution >= 4 is 21.9 Å². The van der Waals surface area contributed by atoms with Crippen LogP contribution < -0.4 is 0 Å². The van der Waals surface area contributed by atoms with Crippen LogP contribution in [0.25, 0.3) is 0 Å². The zero-order chi connectivity index (χ0) is 8.20. The number of esters is 1. The molecule has 0 heterocycles. The summed E-state index contributed by atoms with van der Waals surface area (Å²) in [6.45, 7) is 7.35. The Balaban J connectivity index is 4.04. The minimum absolute atomic E-state index is 0.301. The van der Waals surface area contributed by atoms with Crippen LogP contribution in [0.15, 0.2) is 12.7 Å². The van der Waals surface area contributed by atoms with Gasteiger partial charge in [-0.25, -0.2) is 0 Å². The van der Waals surface area contributed by atoms with Gasteiger partial charge in [0, 0.05) is 0 Å². The maximum atomic E-state index is 11.0. The number of rotatable bonds is 3. The van der Waals surface area contributed by atoms with E-state index in [-0.39, 0.29) is 5.97 Å². The van der Waals surface area contributed by atoms with Crippen molar-refractivity contribution in [1.29, 1.82) is 0 Å². The number of carbonyl (C=O) groups is 1. The Bertz CT molecular complexity index is 141. The van der Waals surface area contributed by atoms with Crippen LogP contribution in [0.3, 0.4) is 0 Å². The van der Waals surface area contributed by atoms with Gasteiger partial charge in [0.05, 0.1) is 6.61 Å². The molecule has 58 valence electrons. The summed E-state index contributed by atoms with van der Waals surface area (Å²) in [5.74, 6) is -0.301. The van der Waals surface area contributed by atoms with Crippen molar-refractivity contribution in [2.24, 2.45) is 0 Å². The van der Waals surface area contributed by atoms with Gasteiger partial charge < -0.3 is 4.74 Å². The summed E-state index contributed by atoms with van der Waals surface area (Å²) in [5.41, 5.74) is 0. The maximum absolute atomic E-state index is 11.0. The predicted molar refractivity (Wildman–Crippen MR) is 44.2 cm³/mol. The van der Waals surface area contributed by atoms with E-state index in [1.165, 1.54) is 6.08 Å². The van der Waals surface area contributed by atoms with Crippen LogP contribution >= 0.6 is 15.9 Å². The topological polar surface area (TPSA) is 26.3 Å². The van der Waals surface area contributed by atoms with Gasteiger partial charge in [-0.05, 0) is 13.8 Å². The van der Waals surface area contributed by atoms with Gasteiger partial charge in [0.2, 0.25) is 0 Å². The number of hydrogen-bond donors (Lipinski definition) is 0. The molecule has 0 saturated carbocycles. The molecule has 0 aromatic rings.